The van der Waals surface area contributed by atoms with Gasteiger partial charge in [-0.05, 0) is 18.2 Å². The molecule has 0 radical (unpaired) electrons. The highest BCUT2D eigenvalue weighted by Gasteiger charge is 2.05. The Kier molecular flexibility index (Phi) is 3.12. The molecule has 0 aliphatic heterocycles. The average Bonchev–Trinajstić information content (AvgIpc) is 2.51. The molecule has 0 amide bonds. The lowest BCUT2D eigenvalue weighted by Crippen LogP contribution is -2.14. The van der Waals surface area contributed by atoms with E-state index < -0.39 is 0 Å². The van der Waals surface area contributed by atoms with Crippen molar-refractivity contribution in [2.24, 2.45) is 0 Å². The van der Waals surface area contributed by atoms with Crippen LogP contribution in [0.4, 0.5) is 0 Å². The molecular weight excluding hydrogens is 278 g/mol. The highest BCUT2D eigenvalue weighted by atomic mass is 35.5. The smallest absolute Gasteiger partial charge is 0.276 e. The lowest BCUT2D eigenvalue weighted by atomic mass is 10.1. The summed E-state index contributed by atoms with van der Waals surface area (Å²) in [6.45, 7) is 0. The Balaban J connectivity index is 2.16. The van der Waals surface area contributed by atoms with Gasteiger partial charge in [0.2, 0.25) is 5.88 Å². The van der Waals surface area contributed by atoms with E-state index in [9.17, 15) is 4.79 Å². The second-order valence-corrected chi connectivity index (χ2v) is 4.55. The van der Waals surface area contributed by atoms with Crippen LogP contribution in [0.15, 0.2) is 47.7 Å². The van der Waals surface area contributed by atoms with Crippen LogP contribution in [0.3, 0.4) is 0 Å². The molecule has 3 heterocycles. The molecule has 0 atom stereocenters. The van der Waals surface area contributed by atoms with Crippen LogP contribution in [0.5, 0.6) is 5.88 Å². The average molecular weight is 288 g/mol. The van der Waals surface area contributed by atoms with Crippen molar-refractivity contribution in [3.63, 3.8) is 0 Å². The number of aromatic nitrogens is 3. The quantitative estimate of drug-likeness (QED) is 0.726. The largest absolute Gasteiger partial charge is 0.481 e. The van der Waals surface area contributed by atoms with Gasteiger partial charge in [0, 0.05) is 29.6 Å². The molecule has 3 aromatic heterocycles. The molecule has 3 rings (SSSR count). The maximum absolute atomic E-state index is 12.0. The molecule has 0 N–H and O–H groups in total. The van der Waals surface area contributed by atoms with Gasteiger partial charge in [-0.1, -0.05) is 11.6 Å². The number of pyridine rings is 2. The standard InChI is InChI=1S/C14H10ClN3O2/c1-20-13-5-3-9(6-17-13)10-2-4-12-16-7-11(15)14(19)18(12)8-10/h2-8H,1H3. The van der Waals surface area contributed by atoms with Crippen molar-refractivity contribution in [1.82, 2.24) is 14.4 Å². The molecule has 0 fully saturated rings. The van der Waals surface area contributed by atoms with E-state index in [1.165, 1.54) is 10.6 Å². The van der Waals surface area contributed by atoms with Gasteiger partial charge >= 0.3 is 0 Å². The number of hydrogen-bond acceptors (Lipinski definition) is 4. The molecule has 0 aliphatic carbocycles. The SMILES string of the molecule is COc1ccc(-c2ccc3ncc(Cl)c(=O)n3c2)cn1. The highest BCUT2D eigenvalue weighted by Crippen LogP contribution is 2.20. The minimum atomic E-state index is -0.292. The Morgan fingerprint density at radius 1 is 1.10 bits per heavy atom. The zero-order valence-electron chi connectivity index (χ0n) is 10.6. The third kappa shape index (κ3) is 2.12. The minimum Gasteiger partial charge on any atom is -0.481 e. The monoisotopic (exact) mass is 287 g/mol. The fourth-order valence-electron chi connectivity index (χ4n) is 1.90. The molecule has 0 bridgehead atoms. The molecule has 0 saturated heterocycles. The van der Waals surface area contributed by atoms with Crippen molar-refractivity contribution in [3.8, 4) is 17.0 Å². The molecule has 0 unspecified atom stereocenters. The van der Waals surface area contributed by atoms with Gasteiger partial charge in [-0.2, -0.15) is 0 Å². The van der Waals surface area contributed by atoms with Crippen molar-refractivity contribution in [2.75, 3.05) is 7.11 Å². The number of ether oxygens (including phenoxy) is 1. The zero-order chi connectivity index (χ0) is 14.1. The summed E-state index contributed by atoms with van der Waals surface area (Å²) in [5, 5.41) is 0.0903. The van der Waals surface area contributed by atoms with E-state index >= 15 is 0 Å². The van der Waals surface area contributed by atoms with Gasteiger partial charge in [0.15, 0.2) is 0 Å². The van der Waals surface area contributed by atoms with Crippen molar-refractivity contribution >= 4 is 17.2 Å². The first-order chi connectivity index (χ1) is 9.69. The molecule has 0 spiro atoms. The van der Waals surface area contributed by atoms with Gasteiger partial charge in [0.25, 0.3) is 5.56 Å². The van der Waals surface area contributed by atoms with E-state index in [4.69, 9.17) is 16.3 Å². The maximum Gasteiger partial charge on any atom is 0.276 e. The molecule has 0 aliphatic rings. The third-order valence-corrected chi connectivity index (χ3v) is 3.20. The van der Waals surface area contributed by atoms with Gasteiger partial charge < -0.3 is 4.74 Å². The zero-order valence-corrected chi connectivity index (χ0v) is 11.3. The van der Waals surface area contributed by atoms with E-state index in [1.54, 1.807) is 31.6 Å². The number of methoxy groups -OCH3 is 1. The van der Waals surface area contributed by atoms with E-state index in [0.29, 0.717) is 11.5 Å². The molecule has 0 aromatic carbocycles. The Labute approximate surface area is 119 Å². The predicted octanol–water partition coefficient (Wildman–Crippen LogP) is 2.42. The number of nitrogens with zero attached hydrogens (tertiary/aromatic N) is 3. The lowest BCUT2D eigenvalue weighted by Gasteiger charge is -2.05. The minimum absolute atomic E-state index is 0.0903. The fourth-order valence-corrected chi connectivity index (χ4v) is 2.04. The van der Waals surface area contributed by atoms with Crippen molar-refractivity contribution in [1.29, 1.82) is 0 Å². The number of fused-ring (bicyclic) bond motifs is 1. The summed E-state index contributed by atoms with van der Waals surface area (Å²) in [5.41, 5.74) is 1.98. The Morgan fingerprint density at radius 3 is 2.60 bits per heavy atom. The topological polar surface area (TPSA) is 56.5 Å². The Hall–Kier alpha value is -2.40. The van der Waals surface area contributed by atoms with Crippen LogP contribution < -0.4 is 10.3 Å². The Morgan fingerprint density at radius 2 is 1.90 bits per heavy atom. The second kappa shape index (κ2) is 4.94. The van der Waals surface area contributed by atoms with Crippen LogP contribution >= 0.6 is 11.6 Å². The van der Waals surface area contributed by atoms with E-state index in [-0.39, 0.29) is 10.6 Å². The number of hydrogen-bond donors (Lipinski definition) is 0. The summed E-state index contributed by atoms with van der Waals surface area (Å²) in [6, 6.07) is 7.27. The van der Waals surface area contributed by atoms with Crippen LogP contribution in [0, 0.1) is 0 Å². The summed E-state index contributed by atoms with van der Waals surface area (Å²) < 4.78 is 6.43. The molecule has 20 heavy (non-hydrogen) atoms. The maximum atomic E-state index is 12.0. The summed E-state index contributed by atoms with van der Waals surface area (Å²) in [7, 11) is 1.56. The van der Waals surface area contributed by atoms with E-state index in [2.05, 4.69) is 9.97 Å². The molecule has 0 saturated carbocycles. The van der Waals surface area contributed by atoms with Gasteiger partial charge in [-0.3, -0.25) is 9.20 Å². The van der Waals surface area contributed by atoms with E-state index in [0.717, 1.165) is 11.1 Å². The highest BCUT2D eigenvalue weighted by molar-refractivity contribution is 6.30. The number of rotatable bonds is 2. The first-order valence-electron chi connectivity index (χ1n) is 5.86. The summed E-state index contributed by atoms with van der Waals surface area (Å²) >= 11 is 5.80. The van der Waals surface area contributed by atoms with Crippen molar-refractivity contribution in [2.45, 2.75) is 0 Å². The van der Waals surface area contributed by atoms with Gasteiger partial charge in [0.05, 0.1) is 13.3 Å². The first kappa shape index (κ1) is 12.6. The van der Waals surface area contributed by atoms with Crippen LogP contribution in [0.25, 0.3) is 16.8 Å². The van der Waals surface area contributed by atoms with Gasteiger partial charge in [0.1, 0.15) is 10.7 Å². The van der Waals surface area contributed by atoms with Gasteiger partial charge in [-0.25, -0.2) is 9.97 Å². The normalized spacial score (nSPS) is 10.7. The van der Waals surface area contributed by atoms with Crippen LogP contribution in [-0.2, 0) is 0 Å². The van der Waals surface area contributed by atoms with Crippen LogP contribution in [0.1, 0.15) is 0 Å². The van der Waals surface area contributed by atoms with Crippen LogP contribution in [-0.4, -0.2) is 21.5 Å². The predicted molar refractivity (Wildman–Crippen MR) is 76.3 cm³/mol. The second-order valence-electron chi connectivity index (χ2n) is 4.15. The molecule has 3 aromatic rings. The lowest BCUT2D eigenvalue weighted by molar-refractivity contribution is 0.398. The van der Waals surface area contributed by atoms with E-state index in [1.807, 2.05) is 12.1 Å². The number of halogens is 1. The Bertz CT molecular complexity index is 828. The molecule has 100 valence electrons. The first-order valence-corrected chi connectivity index (χ1v) is 6.24. The third-order valence-electron chi connectivity index (χ3n) is 2.94. The van der Waals surface area contributed by atoms with Gasteiger partial charge in [-0.15, -0.1) is 0 Å². The summed E-state index contributed by atoms with van der Waals surface area (Å²) in [6.07, 6.45) is 4.73. The molecular formula is C14H10ClN3O2. The molecule has 5 nitrogen and oxygen atoms in total. The van der Waals surface area contributed by atoms with Crippen molar-refractivity contribution in [3.05, 3.63) is 58.2 Å². The van der Waals surface area contributed by atoms with Crippen molar-refractivity contribution < 1.29 is 4.74 Å². The summed E-state index contributed by atoms with van der Waals surface area (Å²) in [4.78, 5) is 20.2. The molecule has 6 heteroatoms. The summed E-state index contributed by atoms with van der Waals surface area (Å²) in [5.74, 6) is 0.538. The fraction of sp³-hybridized carbons (Fsp3) is 0.0714. The van der Waals surface area contributed by atoms with Crippen LogP contribution in [0.2, 0.25) is 5.02 Å².